The molecule has 3 aromatic rings. The number of nitrogens with zero attached hydrogens (tertiary/aromatic N) is 2. The molecule has 3 rings (SSSR count). The Morgan fingerprint density at radius 3 is 1.86 bits per heavy atom. The Balaban J connectivity index is 1.51. The summed E-state index contributed by atoms with van der Waals surface area (Å²) >= 11 is 5.51. The summed E-state index contributed by atoms with van der Waals surface area (Å²) < 4.78 is 16.1. The summed E-state index contributed by atoms with van der Waals surface area (Å²) in [6.07, 6.45) is 3.28. The predicted octanol–water partition coefficient (Wildman–Crippen LogP) is 7.29. The van der Waals surface area contributed by atoms with E-state index in [-0.39, 0.29) is 12.5 Å². The smallest absolute Gasteiger partial charge is 0.343 e. The first-order valence-electron chi connectivity index (χ1n) is 11.4. The average molecular weight is 495 g/mol. The lowest BCUT2D eigenvalue weighted by Gasteiger charge is -2.07. The Labute approximate surface area is 209 Å². The van der Waals surface area contributed by atoms with E-state index in [1.165, 1.54) is 0 Å². The number of azo groups is 1. The van der Waals surface area contributed by atoms with Crippen molar-refractivity contribution in [2.24, 2.45) is 10.2 Å². The summed E-state index contributed by atoms with van der Waals surface area (Å²) in [7, 11) is 0. The Morgan fingerprint density at radius 2 is 1.26 bits per heavy atom. The third-order valence-corrected chi connectivity index (χ3v) is 5.00. The molecule has 0 aliphatic heterocycles. The molecule has 182 valence electrons. The van der Waals surface area contributed by atoms with Gasteiger partial charge in [-0.2, -0.15) is 10.2 Å². The third-order valence-electron chi connectivity index (χ3n) is 4.85. The Bertz CT molecular complexity index is 1110. The second-order valence-corrected chi connectivity index (χ2v) is 7.91. The molecule has 3 aromatic carbocycles. The van der Waals surface area contributed by atoms with Gasteiger partial charge in [0.25, 0.3) is 0 Å². The lowest BCUT2D eigenvalue weighted by Crippen LogP contribution is -2.08. The van der Waals surface area contributed by atoms with Crippen LogP contribution in [0.2, 0.25) is 0 Å². The zero-order valence-electron chi connectivity index (χ0n) is 19.5. The van der Waals surface area contributed by atoms with Gasteiger partial charge in [-0.25, -0.2) is 9.59 Å². The monoisotopic (exact) mass is 494 g/mol. The van der Waals surface area contributed by atoms with Gasteiger partial charge in [-0.15, -0.1) is 11.6 Å². The van der Waals surface area contributed by atoms with Gasteiger partial charge in [0.2, 0.25) is 0 Å². The number of carbonyl (C=O) groups excluding carboxylic acids is 2. The van der Waals surface area contributed by atoms with E-state index in [0.29, 0.717) is 34.9 Å². The maximum Gasteiger partial charge on any atom is 0.343 e. The number of hydrogen-bond donors (Lipinski definition) is 0. The van der Waals surface area contributed by atoms with E-state index in [4.69, 9.17) is 25.8 Å². The molecule has 0 saturated carbocycles. The largest absolute Gasteiger partial charge is 0.494 e. The van der Waals surface area contributed by atoms with Crippen LogP contribution in [0.15, 0.2) is 83.0 Å². The quantitative estimate of drug-likeness (QED) is 0.0867. The molecule has 7 nitrogen and oxygen atoms in total. The van der Waals surface area contributed by atoms with E-state index < -0.39 is 11.9 Å². The molecule has 35 heavy (non-hydrogen) atoms. The topological polar surface area (TPSA) is 86.5 Å². The van der Waals surface area contributed by atoms with E-state index in [2.05, 4.69) is 17.2 Å². The second kappa shape index (κ2) is 13.9. The summed E-state index contributed by atoms with van der Waals surface area (Å²) in [6, 6.07) is 20.1. The summed E-state index contributed by atoms with van der Waals surface area (Å²) in [4.78, 5) is 24.2. The number of ether oxygens (including phenoxy) is 3. The Morgan fingerprint density at radius 1 is 0.714 bits per heavy atom. The van der Waals surface area contributed by atoms with Crippen LogP contribution in [0.4, 0.5) is 11.4 Å². The molecule has 0 fully saturated rings. The number of hydrogen-bond acceptors (Lipinski definition) is 7. The van der Waals surface area contributed by atoms with E-state index in [1.54, 1.807) is 72.8 Å². The van der Waals surface area contributed by atoms with Gasteiger partial charge in [-0.1, -0.05) is 19.8 Å². The summed E-state index contributed by atoms with van der Waals surface area (Å²) in [5.74, 6) is 0.479. The number of unbranched alkanes of at least 4 members (excludes halogenated alkanes) is 2. The first-order chi connectivity index (χ1) is 17.1. The lowest BCUT2D eigenvalue weighted by atomic mass is 10.2. The van der Waals surface area contributed by atoms with E-state index in [1.807, 2.05) is 0 Å². The SMILES string of the molecule is CCCCCOc1ccc(C(=O)Oc2ccc(N=Nc3ccc(C(=O)OCCCl)cc3)cc2)cc1. The van der Waals surface area contributed by atoms with E-state index in [0.717, 1.165) is 25.0 Å². The van der Waals surface area contributed by atoms with Crippen molar-refractivity contribution in [2.75, 3.05) is 19.1 Å². The van der Waals surface area contributed by atoms with Crippen LogP contribution < -0.4 is 9.47 Å². The summed E-state index contributed by atoms with van der Waals surface area (Å²) in [6.45, 7) is 2.97. The summed E-state index contributed by atoms with van der Waals surface area (Å²) in [5.41, 5.74) is 2.01. The van der Waals surface area contributed by atoms with Crippen LogP contribution in [-0.4, -0.2) is 31.0 Å². The zero-order valence-corrected chi connectivity index (χ0v) is 20.2. The van der Waals surface area contributed by atoms with E-state index >= 15 is 0 Å². The Kier molecular flexibility index (Phi) is 10.3. The van der Waals surface area contributed by atoms with Crippen LogP contribution >= 0.6 is 11.6 Å². The molecule has 0 aromatic heterocycles. The van der Waals surface area contributed by atoms with Crippen LogP contribution in [0.25, 0.3) is 0 Å². The van der Waals surface area contributed by atoms with Crippen molar-refractivity contribution >= 4 is 34.9 Å². The van der Waals surface area contributed by atoms with Crippen molar-refractivity contribution < 1.29 is 23.8 Å². The number of rotatable bonds is 12. The van der Waals surface area contributed by atoms with Crippen LogP contribution in [0.1, 0.15) is 46.9 Å². The molecule has 0 saturated heterocycles. The normalized spacial score (nSPS) is 10.8. The minimum atomic E-state index is -0.457. The Hall–Kier alpha value is -3.71. The van der Waals surface area contributed by atoms with Gasteiger partial charge in [-0.05, 0) is 79.2 Å². The maximum atomic E-state index is 12.4. The van der Waals surface area contributed by atoms with E-state index in [9.17, 15) is 9.59 Å². The van der Waals surface area contributed by atoms with Gasteiger partial charge in [0.15, 0.2) is 0 Å². The first kappa shape index (κ1) is 25.9. The molecular formula is C27H27ClN2O5. The first-order valence-corrected chi connectivity index (χ1v) is 11.9. The molecule has 0 heterocycles. The second-order valence-electron chi connectivity index (χ2n) is 7.54. The molecular weight excluding hydrogens is 468 g/mol. The van der Waals surface area contributed by atoms with Crippen molar-refractivity contribution in [1.29, 1.82) is 0 Å². The van der Waals surface area contributed by atoms with Gasteiger partial charge in [0.05, 0.1) is 35.0 Å². The van der Waals surface area contributed by atoms with Crippen LogP contribution in [-0.2, 0) is 4.74 Å². The van der Waals surface area contributed by atoms with Crippen molar-refractivity contribution in [3.05, 3.63) is 83.9 Å². The number of benzene rings is 3. The highest BCUT2D eigenvalue weighted by molar-refractivity contribution is 6.18. The molecule has 0 N–H and O–H groups in total. The van der Waals surface area contributed by atoms with Gasteiger partial charge < -0.3 is 14.2 Å². The molecule has 0 aliphatic rings. The van der Waals surface area contributed by atoms with Crippen molar-refractivity contribution in [3.8, 4) is 11.5 Å². The number of halogens is 1. The van der Waals surface area contributed by atoms with Gasteiger partial charge in [-0.3, -0.25) is 0 Å². The molecule has 0 bridgehead atoms. The fraction of sp³-hybridized carbons (Fsp3) is 0.259. The molecule has 0 spiro atoms. The highest BCUT2D eigenvalue weighted by Gasteiger charge is 2.09. The van der Waals surface area contributed by atoms with Crippen molar-refractivity contribution in [3.63, 3.8) is 0 Å². The number of alkyl halides is 1. The van der Waals surface area contributed by atoms with Gasteiger partial charge in [0, 0.05) is 0 Å². The van der Waals surface area contributed by atoms with Crippen molar-refractivity contribution in [1.82, 2.24) is 0 Å². The van der Waals surface area contributed by atoms with Crippen LogP contribution in [0.3, 0.4) is 0 Å². The highest BCUT2D eigenvalue weighted by Crippen LogP contribution is 2.23. The van der Waals surface area contributed by atoms with Crippen molar-refractivity contribution in [2.45, 2.75) is 26.2 Å². The molecule has 8 heteroatoms. The third kappa shape index (κ3) is 8.54. The maximum absolute atomic E-state index is 12.4. The molecule has 0 atom stereocenters. The van der Waals surface area contributed by atoms with Crippen LogP contribution in [0, 0.1) is 0 Å². The average Bonchev–Trinajstić information content (AvgIpc) is 2.90. The molecule has 0 unspecified atom stereocenters. The van der Waals surface area contributed by atoms with Gasteiger partial charge >= 0.3 is 11.9 Å². The highest BCUT2D eigenvalue weighted by atomic mass is 35.5. The molecule has 0 radical (unpaired) electrons. The zero-order chi connectivity index (χ0) is 24.9. The standard InChI is InChI=1S/C27H27ClN2O5/c1-2-3-4-18-33-24-13-7-21(8-14-24)27(32)35-25-15-11-23(12-16-25)30-29-22-9-5-20(6-10-22)26(31)34-19-17-28/h5-16H,2-4,17-19H2,1H3. The molecule has 0 amide bonds. The minimum Gasteiger partial charge on any atom is -0.494 e. The molecule has 0 aliphatic carbocycles. The van der Waals surface area contributed by atoms with Gasteiger partial charge in [0.1, 0.15) is 18.1 Å². The fourth-order valence-corrected chi connectivity index (χ4v) is 3.05. The lowest BCUT2D eigenvalue weighted by molar-refractivity contribution is 0.0528. The number of carbonyl (C=O) groups is 2. The van der Waals surface area contributed by atoms with Crippen LogP contribution in [0.5, 0.6) is 11.5 Å². The summed E-state index contributed by atoms with van der Waals surface area (Å²) in [5, 5.41) is 8.31. The predicted molar refractivity (Wildman–Crippen MR) is 134 cm³/mol. The fourth-order valence-electron chi connectivity index (χ4n) is 2.97. The minimum absolute atomic E-state index is 0.160. The number of esters is 2.